The van der Waals surface area contributed by atoms with Crippen LogP contribution in [0.25, 0.3) is 61.3 Å². The van der Waals surface area contributed by atoms with Crippen LogP contribution in [0.2, 0.25) is 0 Å². The molecule has 192 valence electrons. The van der Waals surface area contributed by atoms with Crippen molar-refractivity contribution >= 4 is 38.8 Å². The molecule has 0 N–H and O–H groups in total. The van der Waals surface area contributed by atoms with Gasteiger partial charge in [0.1, 0.15) is 11.6 Å². The predicted octanol–water partition coefficient (Wildman–Crippen LogP) is 9.63. The third-order valence-electron chi connectivity index (χ3n) is 8.15. The molecule has 0 aliphatic heterocycles. The zero-order chi connectivity index (χ0) is 26.8. The summed E-state index contributed by atoms with van der Waals surface area (Å²) in [5.41, 5.74) is 7.40. The van der Waals surface area contributed by atoms with Gasteiger partial charge in [0.15, 0.2) is 0 Å². The number of aryl methyl sites for hydroxylation is 1. The molecule has 0 saturated carbocycles. The molecule has 0 radical (unpaired) electrons. The van der Waals surface area contributed by atoms with E-state index >= 15 is 8.78 Å². The van der Waals surface area contributed by atoms with E-state index in [-0.39, 0.29) is 11.6 Å². The first-order valence-corrected chi connectivity index (χ1v) is 13.6. The Hall–Kier alpha value is -4.96. The molecule has 1 aliphatic rings. The minimum absolute atomic E-state index is 0.341. The van der Waals surface area contributed by atoms with E-state index in [2.05, 4.69) is 30.4 Å². The molecule has 2 heterocycles. The third kappa shape index (κ3) is 3.32. The highest BCUT2D eigenvalue weighted by Gasteiger charge is 2.21. The van der Waals surface area contributed by atoms with Gasteiger partial charge in [0.05, 0.1) is 27.9 Å². The molecular formula is C36H24F2N2. The Labute approximate surface area is 230 Å². The molecule has 4 heteroatoms. The number of hydrogen-bond donors (Lipinski definition) is 0. The normalized spacial score (nSPS) is 12.9. The fourth-order valence-electron chi connectivity index (χ4n) is 6.36. The van der Waals surface area contributed by atoms with Gasteiger partial charge >= 0.3 is 0 Å². The molecule has 0 saturated heterocycles. The van der Waals surface area contributed by atoms with Crippen molar-refractivity contribution in [2.75, 3.05) is 0 Å². The van der Waals surface area contributed by atoms with Gasteiger partial charge in [-0.3, -0.25) is 0 Å². The zero-order valence-corrected chi connectivity index (χ0v) is 21.6. The SMILES string of the molecule is Fc1cc(-c2ccc(-n3c4ccccc4c4ccccc43)c(F)c2)ccc1-n1c2c(c3ccccc31)CCC=C2. The van der Waals surface area contributed by atoms with Crippen molar-refractivity contribution in [3.63, 3.8) is 0 Å². The van der Waals surface area contributed by atoms with Gasteiger partial charge in [-0.25, -0.2) is 8.78 Å². The number of benzene rings is 5. The minimum Gasteiger partial charge on any atom is -0.307 e. The summed E-state index contributed by atoms with van der Waals surface area (Å²) in [6.45, 7) is 0. The highest BCUT2D eigenvalue weighted by atomic mass is 19.1. The van der Waals surface area contributed by atoms with Crippen LogP contribution in [0.5, 0.6) is 0 Å². The van der Waals surface area contributed by atoms with Gasteiger partial charge in [0, 0.05) is 21.9 Å². The maximum absolute atomic E-state index is 15.8. The summed E-state index contributed by atoms with van der Waals surface area (Å²) in [5.74, 6) is -0.698. The van der Waals surface area contributed by atoms with Gasteiger partial charge in [0.2, 0.25) is 0 Å². The van der Waals surface area contributed by atoms with E-state index in [1.54, 1.807) is 12.1 Å². The van der Waals surface area contributed by atoms with Crippen LogP contribution in [0.15, 0.2) is 115 Å². The summed E-state index contributed by atoms with van der Waals surface area (Å²) in [7, 11) is 0. The van der Waals surface area contributed by atoms with Gasteiger partial charge in [-0.05, 0) is 78.1 Å². The van der Waals surface area contributed by atoms with Crippen molar-refractivity contribution in [2.45, 2.75) is 12.8 Å². The first-order chi connectivity index (χ1) is 19.7. The van der Waals surface area contributed by atoms with Crippen LogP contribution in [-0.2, 0) is 6.42 Å². The Kier molecular flexibility index (Phi) is 5.05. The molecule has 0 spiro atoms. The minimum atomic E-state index is -0.357. The maximum atomic E-state index is 15.8. The highest BCUT2D eigenvalue weighted by molar-refractivity contribution is 6.09. The number of hydrogen-bond acceptors (Lipinski definition) is 0. The van der Waals surface area contributed by atoms with Gasteiger partial charge in [-0.15, -0.1) is 0 Å². The quantitative estimate of drug-likeness (QED) is 0.219. The number of nitrogens with zero attached hydrogens (tertiary/aromatic N) is 2. The summed E-state index contributed by atoms with van der Waals surface area (Å²) in [6, 6.07) is 34.6. The number of aromatic nitrogens is 2. The molecule has 0 fully saturated rings. The lowest BCUT2D eigenvalue weighted by atomic mass is 10.0. The van der Waals surface area contributed by atoms with Crippen LogP contribution >= 0.6 is 0 Å². The van der Waals surface area contributed by atoms with Crippen molar-refractivity contribution in [3.8, 4) is 22.5 Å². The number of rotatable bonds is 3. The van der Waals surface area contributed by atoms with E-state index in [0.717, 1.165) is 51.2 Å². The number of halogens is 2. The van der Waals surface area contributed by atoms with E-state index in [1.807, 2.05) is 75.9 Å². The van der Waals surface area contributed by atoms with Crippen LogP contribution in [0.4, 0.5) is 8.78 Å². The topological polar surface area (TPSA) is 9.86 Å². The Morgan fingerprint density at radius 1 is 0.525 bits per heavy atom. The Morgan fingerprint density at radius 3 is 1.60 bits per heavy atom. The van der Waals surface area contributed by atoms with Gasteiger partial charge < -0.3 is 9.13 Å². The molecule has 0 bridgehead atoms. The van der Waals surface area contributed by atoms with Crippen molar-refractivity contribution in [1.82, 2.24) is 9.13 Å². The van der Waals surface area contributed by atoms with Crippen LogP contribution in [0, 0.1) is 11.6 Å². The average Bonchev–Trinajstić information content (AvgIpc) is 3.50. The lowest BCUT2D eigenvalue weighted by Gasteiger charge is -2.14. The number of allylic oxidation sites excluding steroid dienone is 1. The molecule has 0 amide bonds. The standard InChI is InChI=1S/C36H24F2N2/c37-29-21-23(17-19-35(29)39-31-13-5-1-9-25(31)26-10-2-6-14-32(26)39)24-18-20-36(30(38)22-24)40-33-15-7-3-11-27(33)28-12-4-8-16-34(28)40/h1-3,5-11,13-22H,4,12H2. The van der Waals surface area contributed by atoms with Crippen LogP contribution in [0.1, 0.15) is 17.7 Å². The molecule has 8 rings (SSSR count). The van der Waals surface area contributed by atoms with Crippen molar-refractivity contribution in [1.29, 1.82) is 0 Å². The molecular weight excluding hydrogens is 498 g/mol. The lowest BCUT2D eigenvalue weighted by molar-refractivity contribution is 0.618. The van der Waals surface area contributed by atoms with Gasteiger partial charge in [-0.2, -0.15) is 0 Å². The van der Waals surface area contributed by atoms with Gasteiger partial charge in [0.25, 0.3) is 0 Å². The van der Waals surface area contributed by atoms with E-state index in [0.29, 0.717) is 22.5 Å². The molecule has 1 aliphatic carbocycles. The van der Waals surface area contributed by atoms with Crippen LogP contribution in [0.3, 0.4) is 0 Å². The zero-order valence-electron chi connectivity index (χ0n) is 21.6. The van der Waals surface area contributed by atoms with E-state index in [9.17, 15) is 0 Å². The monoisotopic (exact) mass is 522 g/mol. The fourth-order valence-corrected chi connectivity index (χ4v) is 6.36. The molecule has 5 aromatic carbocycles. The second-order valence-corrected chi connectivity index (χ2v) is 10.4. The predicted molar refractivity (Wildman–Crippen MR) is 160 cm³/mol. The van der Waals surface area contributed by atoms with Crippen molar-refractivity contribution < 1.29 is 8.78 Å². The van der Waals surface area contributed by atoms with E-state index < -0.39 is 0 Å². The van der Waals surface area contributed by atoms with E-state index in [4.69, 9.17) is 0 Å². The third-order valence-corrected chi connectivity index (χ3v) is 8.15. The molecule has 40 heavy (non-hydrogen) atoms. The maximum Gasteiger partial charge on any atom is 0.147 e. The lowest BCUT2D eigenvalue weighted by Crippen LogP contribution is -2.03. The molecule has 0 atom stereocenters. The molecule has 2 nitrogen and oxygen atoms in total. The summed E-state index contributed by atoms with van der Waals surface area (Å²) in [5, 5.41) is 3.32. The summed E-state index contributed by atoms with van der Waals surface area (Å²) < 4.78 is 35.6. The van der Waals surface area contributed by atoms with E-state index in [1.165, 1.54) is 17.7 Å². The smallest absolute Gasteiger partial charge is 0.147 e. The van der Waals surface area contributed by atoms with Crippen LogP contribution < -0.4 is 0 Å². The summed E-state index contributed by atoms with van der Waals surface area (Å²) in [4.78, 5) is 0. The Balaban J connectivity index is 1.23. The van der Waals surface area contributed by atoms with Gasteiger partial charge in [-0.1, -0.05) is 72.8 Å². The fraction of sp³-hybridized carbons (Fsp3) is 0.0556. The largest absolute Gasteiger partial charge is 0.307 e. The van der Waals surface area contributed by atoms with Crippen LogP contribution in [-0.4, -0.2) is 9.13 Å². The first-order valence-electron chi connectivity index (χ1n) is 13.6. The first kappa shape index (κ1) is 23.0. The summed E-state index contributed by atoms with van der Waals surface area (Å²) in [6.07, 6.45) is 6.16. The number of para-hydroxylation sites is 3. The number of fused-ring (bicyclic) bond motifs is 6. The Morgan fingerprint density at radius 2 is 1.02 bits per heavy atom. The Bertz CT molecular complexity index is 2090. The molecule has 0 unspecified atom stereocenters. The summed E-state index contributed by atoms with van der Waals surface area (Å²) >= 11 is 0. The van der Waals surface area contributed by atoms with Crippen molar-refractivity contribution in [3.05, 3.63) is 138 Å². The van der Waals surface area contributed by atoms with Crippen molar-refractivity contribution in [2.24, 2.45) is 0 Å². The second kappa shape index (κ2) is 8.78. The second-order valence-electron chi connectivity index (χ2n) is 10.4. The average molecular weight is 523 g/mol. The molecule has 7 aromatic rings. The molecule has 2 aromatic heterocycles. The highest BCUT2D eigenvalue weighted by Crippen LogP contribution is 2.37.